The number of carbonyl (C=O) groups is 2. The third-order valence-corrected chi connectivity index (χ3v) is 7.09. The number of ketones is 1. The number of halogens is 2. The van der Waals surface area contributed by atoms with Crippen LogP contribution >= 0.6 is 22.9 Å². The number of aliphatic hydroxyl groups excluding tert-OH is 1. The van der Waals surface area contributed by atoms with E-state index in [-0.39, 0.29) is 21.5 Å². The molecule has 1 atom stereocenters. The zero-order chi connectivity index (χ0) is 26.3. The molecule has 10 heteroatoms. The highest BCUT2D eigenvalue weighted by atomic mass is 35.5. The highest BCUT2D eigenvalue weighted by Crippen LogP contribution is 2.44. The molecule has 1 unspecified atom stereocenters. The lowest BCUT2D eigenvalue weighted by molar-refractivity contribution is -0.132. The van der Waals surface area contributed by atoms with Crippen LogP contribution in [0.4, 0.5) is 9.52 Å². The molecule has 0 saturated carbocycles. The van der Waals surface area contributed by atoms with Crippen molar-refractivity contribution < 1.29 is 23.8 Å². The Labute approximate surface area is 220 Å². The summed E-state index contributed by atoms with van der Waals surface area (Å²) >= 11 is 6.95. The van der Waals surface area contributed by atoms with Gasteiger partial charge in [-0.25, -0.2) is 9.37 Å². The van der Waals surface area contributed by atoms with Gasteiger partial charge in [-0.2, -0.15) is 0 Å². The monoisotopic (exact) mass is 537 g/mol. The lowest BCUT2D eigenvalue weighted by atomic mass is 9.96. The lowest BCUT2D eigenvalue weighted by Crippen LogP contribution is -2.29. The average molecular weight is 538 g/mol. The van der Waals surface area contributed by atoms with Crippen molar-refractivity contribution >= 4 is 55.7 Å². The Kier molecular flexibility index (Phi) is 6.66. The van der Waals surface area contributed by atoms with Crippen molar-refractivity contribution in [1.29, 1.82) is 0 Å². The van der Waals surface area contributed by atoms with E-state index in [0.29, 0.717) is 39.6 Å². The van der Waals surface area contributed by atoms with Crippen molar-refractivity contribution in [3.05, 3.63) is 88.5 Å². The smallest absolute Gasteiger partial charge is 0.301 e. The lowest BCUT2D eigenvalue weighted by Gasteiger charge is -2.22. The van der Waals surface area contributed by atoms with Crippen LogP contribution in [-0.2, 0) is 9.59 Å². The SMILES string of the molecule is CC(C)COc1ccc(/C(O)=C2\C(=O)C(=O)N(c3nc4cc(Cl)c(F)cc4s3)C2c2cccnc2)cc1. The Bertz CT molecular complexity index is 1500. The summed E-state index contributed by atoms with van der Waals surface area (Å²) in [7, 11) is 0. The van der Waals surface area contributed by atoms with E-state index in [1.807, 2.05) is 13.8 Å². The van der Waals surface area contributed by atoms with Gasteiger partial charge in [0.15, 0.2) is 5.13 Å². The molecule has 1 aliphatic heterocycles. The van der Waals surface area contributed by atoms with Crippen LogP contribution in [0.5, 0.6) is 5.75 Å². The minimum atomic E-state index is -0.994. The number of pyridine rings is 1. The van der Waals surface area contributed by atoms with Gasteiger partial charge in [0.1, 0.15) is 17.3 Å². The average Bonchev–Trinajstić information content (AvgIpc) is 3.40. The Morgan fingerprint density at radius 3 is 2.65 bits per heavy atom. The zero-order valence-corrected chi connectivity index (χ0v) is 21.4. The molecule has 3 heterocycles. The number of anilines is 1. The predicted octanol–water partition coefficient (Wildman–Crippen LogP) is 6.14. The number of hydrogen-bond acceptors (Lipinski definition) is 7. The maximum Gasteiger partial charge on any atom is 0.301 e. The first kappa shape index (κ1) is 24.9. The molecule has 0 bridgehead atoms. The maximum atomic E-state index is 14.0. The number of rotatable bonds is 6. The molecule has 37 heavy (non-hydrogen) atoms. The van der Waals surface area contributed by atoms with Gasteiger partial charge < -0.3 is 9.84 Å². The van der Waals surface area contributed by atoms with Crippen molar-refractivity contribution in [2.45, 2.75) is 19.9 Å². The molecule has 7 nitrogen and oxygen atoms in total. The normalized spacial score (nSPS) is 17.2. The molecule has 4 aromatic rings. The molecule has 2 aromatic heterocycles. The number of fused-ring (bicyclic) bond motifs is 1. The Morgan fingerprint density at radius 2 is 1.97 bits per heavy atom. The van der Waals surface area contributed by atoms with E-state index in [0.717, 1.165) is 11.3 Å². The summed E-state index contributed by atoms with van der Waals surface area (Å²) in [4.78, 5) is 36.4. The molecule has 0 radical (unpaired) electrons. The molecule has 1 saturated heterocycles. The molecule has 5 rings (SSSR count). The summed E-state index contributed by atoms with van der Waals surface area (Å²) in [6.07, 6.45) is 3.08. The number of benzene rings is 2. The minimum Gasteiger partial charge on any atom is -0.507 e. The van der Waals surface area contributed by atoms with Gasteiger partial charge in [-0.05, 0) is 53.9 Å². The van der Waals surface area contributed by atoms with E-state index in [1.54, 1.807) is 42.6 Å². The zero-order valence-electron chi connectivity index (χ0n) is 19.8. The van der Waals surface area contributed by atoms with E-state index in [9.17, 15) is 19.1 Å². The number of amides is 1. The second-order valence-corrected chi connectivity index (χ2v) is 10.3. The maximum absolute atomic E-state index is 14.0. The van der Waals surface area contributed by atoms with E-state index < -0.39 is 23.5 Å². The summed E-state index contributed by atoms with van der Waals surface area (Å²) in [5, 5.41) is 11.3. The molecular formula is C27H21ClFN3O4S. The molecule has 1 fully saturated rings. The molecule has 188 valence electrons. The van der Waals surface area contributed by atoms with Crippen LogP contribution in [0.3, 0.4) is 0 Å². The summed E-state index contributed by atoms with van der Waals surface area (Å²) in [5.41, 5.74) is 1.14. The standard InChI is InChI=1S/C27H21ClFN3O4S/c1-14(2)13-36-17-7-5-15(6-8-17)24(33)22-23(16-4-3-9-30-12-16)32(26(35)25(22)34)27-31-20-10-18(28)19(29)11-21(20)37-27/h3-12,14,23,33H,13H2,1-2H3/b24-22+. The van der Waals surface area contributed by atoms with Crippen LogP contribution in [0.2, 0.25) is 5.02 Å². The fourth-order valence-corrected chi connectivity index (χ4v) is 5.18. The fourth-order valence-electron chi connectivity index (χ4n) is 4.02. The molecule has 1 aliphatic rings. The fraction of sp³-hybridized carbons (Fsp3) is 0.185. The van der Waals surface area contributed by atoms with Gasteiger partial charge in [-0.15, -0.1) is 0 Å². The van der Waals surface area contributed by atoms with E-state index >= 15 is 0 Å². The van der Waals surface area contributed by atoms with Gasteiger partial charge in [-0.1, -0.05) is 42.9 Å². The highest BCUT2D eigenvalue weighted by molar-refractivity contribution is 7.22. The Morgan fingerprint density at radius 1 is 1.22 bits per heavy atom. The van der Waals surface area contributed by atoms with Crippen LogP contribution in [0.25, 0.3) is 16.0 Å². The number of carbonyl (C=O) groups excluding carboxylic acids is 2. The van der Waals surface area contributed by atoms with Gasteiger partial charge in [-0.3, -0.25) is 19.5 Å². The number of hydrogen-bond donors (Lipinski definition) is 1. The van der Waals surface area contributed by atoms with Crippen LogP contribution in [0.15, 0.2) is 66.5 Å². The van der Waals surface area contributed by atoms with Crippen LogP contribution in [0.1, 0.15) is 31.0 Å². The summed E-state index contributed by atoms with van der Waals surface area (Å²) in [5.74, 6) is -1.71. The molecule has 1 amide bonds. The van der Waals surface area contributed by atoms with E-state index in [2.05, 4.69) is 9.97 Å². The van der Waals surface area contributed by atoms with E-state index in [4.69, 9.17) is 16.3 Å². The van der Waals surface area contributed by atoms with E-state index in [1.165, 1.54) is 23.2 Å². The van der Waals surface area contributed by atoms with Crippen LogP contribution < -0.4 is 9.64 Å². The predicted molar refractivity (Wildman–Crippen MR) is 140 cm³/mol. The summed E-state index contributed by atoms with van der Waals surface area (Å²) < 4.78 is 20.2. The molecule has 1 N–H and O–H groups in total. The van der Waals surface area contributed by atoms with Crippen LogP contribution in [0, 0.1) is 11.7 Å². The third-order valence-electron chi connectivity index (χ3n) is 5.78. The van der Waals surface area contributed by atoms with Gasteiger partial charge >= 0.3 is 5.91 Å². The Balaban J connectivity index is 1.62. The number of ether oxygens (including phenoxy) is 1. The first-order valence-electron chi connectivity index (χ1n) is 11.4. The van der Waals surface area contributed by atoms with Crippen LogP contribution in [-0.4, -0.2) is 33.4 Å². The summed E-state index contributed by atoms with van der Waals surface area (Å²) in [6, 6.07) is 11.6. The molecule has 0 aliphatic carbocycles. The second kappa shape index (κ2) is 9.91. The van der Waals surface area contributed by atoms with Crippen molar-refractivity contribution in [2.24, 2.45) is 5.92 Å². The number of aromatic nitrogens is 2. The number of aliphatic hydroxyl groups is 1. The molecular weight excluding hydrogens is 517 g/mol. The first-order chi connectivity index (χ1) is 17.7. The second-order valence-electron chi connectivity index (χ2n) is 8.92. The quantitative estimate of drug-likeness (QED) is 0.180. The largest absolute Gasteiger partial charge is 0.507 e. The van der Waals surface area contributed by atoms with Gasteiger partial charge in [0, 0.05) is 18.0 Å². The number of nitrogens with zero attached hydrogens (tertiary/aromatic N) is 3. The molecule has 0 spiro atoms. The van der Waals surface area contributed by atoms with Crippen molar-refractivity contribution in [3.8, 4) is 5.75 Å². The van der Waals surface area contributed by atoms with Gasteiger partial charge in [0.2, 0.25) is 0 Å². The number of thiazole rings is 1. The van der Waals surface area contributed by atoms with Crippen molar-refractivity contribution in [2.75, 3.05) is 11.5 Å². The van der Waals surface area contributed by atoms with Crippen molar-refractivity contribution in [1.82, 2.24) is 9.97 Å². The van der Waals surface area contributed by atoms with Gasteiger partial charge in [0.05, 0.1) is 33.5 Å². The Hall–Kier alpha value is -3.82. The highest BCUT2D eigenvalue weighted by Gasteiger charge is 2.48. The summed E-state index contributed by atoms with van der Waals surface area (Å²) in [6.45, 7) is 4.61. The first-order valence-corrected chi connectivity index (χ1v) is 12.6. The number of Topliss-reactive ketones (excluding diaryl/α,β-unsaturated/α-hetero) is 1. The molecule has 2 aromatic carbocycles. The van der Waals surface area contributed by atoms with Gasteiger partial charge in [0.25, 0.3) is 5.78 Å². The topological polar surface area (TPSA) is 92.6 Å². The van der Waals surface area contributed by atoms with Crippen molar-refractivity contribution in [3.63, 3.8) is 0 Å². The minimum absolute atomic E-state index is 0.0997. The third kappa shape index (κ3) is 4.68.